The maximum Gasteiger partial charge on any atom is 0.231 e. The Labute approximate surface area is 169 Å². The van der Waals surface area contributed by atoms with Crippen molar-refractivity contribution in [3.05, 3.63) is 53.3 Å². The highest BCUT2D eigenvalue weighted by Crippen LogP contribution is 2.45. The number of rotatable bonds is 8. The maximum absolute atomic E-state index is 14.4. The number of fused-ring (bicyclic) bond motifs is 1. The second kappa shape index (κ2) is 8.80. The maximum atomic E-state index is 14.4. The number of carbonyl (C=O) groups is 1. The molecule has 29 heavy (non-hydrogen) atoms. The van der Waals surface area contributed by atoms with Gasteiger partial charge in [-0.3, -0.25) is 4.90 Å². The lowest BCUT2D eigenvalue weighted by atomic mass is 9.93. The van der Waals surface area contributed by atoms with Crippen LogP contribution in [0.15, 0.2) is 36.4 Å². The van der Waals surface area contributed by atoms with Gasteiger partial charge in [-0.05, 0) is 36.1 Å². The lowest BCUT2D eigenvalue weighted by Gasteiger charge is -2.24. The molecule has 1 fully saturated rings. The zero-order valence-corrected chi connectivity index (χ0v) is 16.3. The molecule has 2 aromatic rings. The largest absolute Gasteiger partial charge is 0.491 e. The molecule has 0 saturated carbocycles. The number of hydrogen-bond donors (Lipinski definition) is 0. The van der Waals surface area contributed by atoms with E-state index in [-0.39, 0.29) is 24.5 Å². The van der Waals surface area contributed by atoms with Gasteiger partial charge in [-0.2, -0.15) is 0 Å². The Morgan fingerprint density at radius 2 is 2.10 bits per heavy atom. The first-order valence-corrected chi connectivity index (χ1v) is 9.68. The molecular formula is C22H24FNO5. The monoisotopic (exact) mass is 401 g/mol. The van der Waals surface area contributed by atoms with Crippen molar-refractivity contribution in [2.45, 2.75) is 18.4 Å². The summed E-state index contributed by atoms with van der Waals surface area (Å²) >= 11 is 0. The van der Waals surface area contributed by atoms with Gasteiger partial charge in [0, 0.05) is 25.3 Å². The molecule has 0 radical (unpaired) electrons. The molecule has 2 aliphatic heterocycles. The summed E-state index contributed by atoms with van der Waals surface area (Å²) in [7, 11) is 1.63. The molecule has 154 valence electrons. The average molecular weight is 401 g/mol. The topological polar surface area (TPSA) is 57.2 Å². The van der Waals surface area contributed by atoms with Crippen molar-refractivity contribution in [3.8, 4) is 17.2 Å². The van der Waals surface area contributed by atoms with E-state index in [0.29, 0.717) is 32.1 Å². The van der Waals surface area contributed by atoms with E-state index in [1.165, 1.54) is 6.07 Å². The number of benzene rings is 2. The van der Waals surface area contributed by atoms with E-state index >= 15 is 0 Å². The first-order valence-electron chi connectivity index (χ1n) is 9.68. The molecule has 0 aromatic heterocycles. The van der Waals surface area contributed by atoms with E-state index in [1.54, 1.807) is 7.11 Å². The van der Waals surface area contributed by atoms with Gasteiger partial charge in [-0.1, -0.05) is 18.2 Å². The summed E-state index contributed by atoms with van der Waals surface area (Å²) in [5.41, 5.74) is 1.87. The SMILES string of the molecule is COCCOc1ccccc1[C@H]1C[C@@H](c2cc(F)c3c(c2)OCO3)CN1CC=O. The van der Waals surface area contributed by atoms with Crippen LogP contribution in [0.5, 0.6) is 17.2 Å². The standard InChI is InChI=1S/C22H24FNO5/c1-26-8-9-27-20-5-3-2-4-17(20)19-11-16(13-24(19)6-7-25)15-10-18(23)22-21(12-15)28-14-29-22/h2-5,7,10,12,16,19H,6,8-9,11,13-14H2,1H3/t16-,19-/m1/s1. The number of ether oxygens (including phenoxy) is 4. The molecular weight excluding hydrogens is 377 g/mol. The number of methoxy groups -OCH3 is 1. The van der Waals surface area contributed by atoms with Crippen molar-refractivity contribution in [3.63, 3.8) is 0 Å². The molecule has 0 amide bonds. The molecule has 0 unspecified atom stereocenters. The van der Waals surface area contributed by atoms with Gasteiger partial charge in [0.2, 0.25) is 12.5 Å². The Morgan fingerprint density at radius 1 is 1.24 bits per heavy atom. The Bertz CT molecular complexity index is 874. The zero-order chi connectivity index (χ0) is 20.2. The average Bonchev–Trinajstić information content (AvgIpc) is 3.36. The summed E-state index contributed by atoms with van der Waals surface area (Å²) in [6, 6.07) is 11.2. The van der Waals surface area contributed by atoms with Gasteiger partial charge >= 0.3 is 0 Å². The van der Waals surface area contributed by atoms with Crippen molar-refractivity contribution in [2.75, 3.05) is 40.2 Å². The van der Waals surface area contributed by atoms with Crippen LogP contribution in [0, 0.1) is 5.82 Å². The van der Waals surface area contributed by atoms with E-state index in [9.17, 15) is 9.18 Å². The Kier molecular flexibility index (Phi) is 5.97. The van der Waals surface area contributed by atoms with Crippen LogP contribution in [0.25, 0.3) is 0 Å². The van der Waals surface area contributed by atoms with Crippen LogP contribution in [0.1, 0.15) is 29.5 Å². The number of para-hydroxylation sites is 1. The normalized spacial score (nSPS) is 20.8. The zero-order valence-electron chi connectivity index (χ0n) is 16.3. The van der Waals surface area contributed by atoms with E-state index in [2.05, 4.69) is 4.90 Å². The molecule has 2 aromatic carbocycles. The number of likely N-dealkylation sites (tertiary alicyclic amines) is 1. The molecule has 2 atom stereocenters. The molecule has 0 bridgehead atoms. The fraction of sp³-hybridized carbons (Fsp3) is 0.409. The van der Waals surface area contributed by atoms with Gasteiger partial charge in [-0.25, -0.2) is 4.39 Å². The number of hydrogen-bond acceptors (Lipinski definition) is 6. The number of halogens is 1. The molecule has 0 aliphatic carbocycles. The lowest BCUT2D eigenvalue weighted by Crippen LogP contribution is -2.26. The number of carbonyl (C=O) groups excluding carboxylic acids is 1. The fourth-order valence-corrected chi connectivity index (χ4v) is 4.11. The third-order valence-electron chi connectivity index (χ3n) is 5.46. The van der Waals surface area contributed by atoms with Gasteiger partial charge in [0.05, 0.1) is 13.2 Å². The Balaban J connectivity index is 1.60. The third-order valence-corrected chi connectivity index (χ3v) is 5.46. The quantitative estimate of drug-likeness (QED) is 0.500. The van der Waals surface area contributed by atoms with Gasteiger partial charge < -0.3 is 23.7 Å². The second-order valence-electron chi connectivity index (χ2n) is 7.18. The van der Waals surface area contributed by atoms with Crippen molar-refractivity contribution >= 4 is 6.29 Å². The van der Waals surface area contributed by atoms with Crippen LogP contribution in [-0.2, 0) is 9.53 Å². The minimum absolute atomic E-state index is 0.00238. The molecule has 2 heterocycles. The lowest BCUT2D eigenvalue weighted by molar-refractivity contribution is -0.109. The molecule has 0 N–H and O–H groups in total. The molecule has 6 nitrogen and oxygen atoms in total. The van der Waals surface area contributed by atoms with E-state index in [1.807, 2.05) is 30.3 Å². The summed E-state index contributed by atoms with van der Waals surface area (Å²) in [4.78, 5) is 13.4. The van der Waals surface area contributed by atoms with Crippen LogP contribution in [0.4, 0.5) is 4.39 Å². The van der Waals surface area contributed by atoms with Crippen molar-refractivity contribution in [1.29, 1.82) is 0 Å². The van der Waals surface area contributed by atoms with Gasteiger partial charge in [0.25, 0.3) is 0 Å². The third kappa shape index (κ3) is 4.06. The minimum atomic E-state index is -0.413. The fourth-order valence-electron chi connectivity index (χ4n) is 4.11. The van der Waals surface area contributed by atoms with Crippen LogP contribution >= 0.6 is 0 Å². The highest BCUT2D eigenvalue weighted by atomic mass is 19.1. The highest BCUT2D eigenvalue weighted by molar-refractivity contribution is 5.53. The number of aldehydes is 1. The summed E-state index contributed by atoms with van der Waals surface area (Å²) < 4.78 is 35.9. The molecule has 1 saturated heterocycles. The van der Waals surface area contributed by atoms with Crippen LogP contribution in [-0.4, -0.2) is 51.4 Å². The first-order chi connectivity index (χ1) is 14.2. The smallest absolute Gasteiger partial charge is 0.231 e. The van der Waals surface area contributed by atoms with Crippen molar-refractivity contribution in [1.82, 2.24) is 4.90 Å². The van der Waals surface area contributed by atoms with E-state index in [0.717, 1.165) is 29.6 Å². The summed E-state index contributed by atoms with van der Waals surface area (Å²) in [5.74, 6) is 1.04. The second-order valence-corrected chi connectivity index (χ2v) is 7.18. The predicted octanol–water partition coefficient (Wildman–Crippen LogP) is 3.31. The van der Waals surface area contributed by atoms with Crippen LogP contribution in [0.2, 0.25) is 0 Å². The van der Waals surface area contributed by atoms with Gasteiger partial charge in [-0.15, -0.1) is 0 Å². The Hall–Kier alpha value is -2.64. The van der Waals surface area contributed by atoms with Gasteiger partial charge in [0.15, 0.2) is 11.6 Å². The van der Waals surface area contributed by atoms with E-state index in [4.69, 9.17) is 18.9 Å². The molecule has 0 spiro atoms. The molecule has 7 heteroatoms. The summed E-state index contributed by atoms with van der Waals surface area (Å²) in [5, 5.41) is 0. The minimum Gasteiger partial charge on any atom is -0.491 e. The van der Waals surface area contributed by atoms with Crippen LogP contribution in [0.3, 0.4) is 0 Å². The molecule has 4 rings (SSSR count). The Morgan fingerprint density at radius 3 is 2.93 bits per heavy atom. The van der Waals surface area contributed by atoms with Crippen molar-refractivity contribution in [2.24, 2.45) is 0 Å². The van der Waals surface area contributed by atoms with Crippen LogP contribution < -0.4 is 14.2 Å². The van der Waals surface area contributed by atoms with Crippen molar-refractivity contribution < 1.29 is 28.1 Å². The van der Waals surface area contributed by atoms with E-state index < -0.39 is 5.82 Å². The summed E-state index contributed by atoms with van der Waals surface area (Å²) in [6.07, 6.45) is 1.65. The summed E-state index contributed by atoms with van der Waals surface area (Å²) in [6.45, 7) is 1.93. The molecule has 2 aliphatic rings. The number of nitrogens with zero attached hydrogens (tertiary/aromatic N) is 1. The predicted molar refractivity (Wildman–Crippen MR) is 104 cm³/mol. The first kappa shape index (κ1) is 19.7. The highest BCUT2D eigenvalue weighted by Gasteiger charge is 2.36. The van der Waals surface area contributed by atoms with Gasteiger partial charge in [0.1, 0.15) is 18.6 Å².